The minimum absolute atomic E-state index is 0.780. The largest absolute Gasteiger partial charge is 0.316 e. The van der Waals surface area contributed by atoms with Crippen LogP contribution in [0.25, 0.3) is 0 Å². The molecule has 2 nitrogen and oxygen atoms in total. The molecule has 0 spiro atoms. The first-order chi connectivity index (χ1) is 5.84. The van der Waals surface area contributed by atoms with Crippen molar-refractivity contribution in [2.75, 3.05) is 37.7 Å². The zero-order chi connectivity index (χ0) is 8.81. The molecule has 1 aliphatic rings. The Labute approximate surface area is 80.1 Å². The van der Waals surface area contributed by atoms with E-state index in [9.17, 15) is 0 Å². The van der Waals surface area contributed by atoms with E-state index in [0.717, 1.165) is 19.1 Å². The van der Waals surface area contributed by atoms with Crippen LogP contribution < -0.4 is 5.32 Å². The summed E-state index contributed by atoms with van der Waals surface area (Å²) in [5.41, 5.74) is 0. The van der Waals surface area contributed by atoms with Crippen LogP contribution >= 0.6 is 11.8 Å². The molecule has 12 heavy (non-hydrogen) atoms. The maximum Gasteiger partial charge on any atom is 0.0158 e. The van der Waals surface area contributed by atoms with Gasteiger partial charge in [0.1, 0.15) is 0 Å². The van der Waals surface area contributed by atoms with Gasteiger partial charge in [-0.05, 0) is 13.5 Å². The van der Waals surface area contributed by atoms with Crippen LogP contribution in [0.3, 0.4) is 0 Å². The maximum absolute atomic E-state index is 3.37. The topological polar surface area (TPSA) is 15.3 Å². The van der Waals surface area contributed by atoms with Crippen molar-refractivity contribution in [3.8, 4) is 0 Å². The number of hydrogen-bond donors (Lipinski definition) is 1. The second-order valence-corrected chi connectivity index (χ2v) is 4.46. The lowest BCUT2D eigenvalue weighted by Gasteiger charge is -2.32. The zero-order valence-electron chi connectivity index (χ0n) is 8.18. The van der Waals surface area contributed by atoms with Gasteiger partial charge in [-0.25, -0.2) is 0 Å². The molecule has 1 N–H and O–H groups in total. The normalized spacial score (nSPS) is 26.0. The Morgan fingerprint density at radius 3 is 3.08 bits per heavy atom. The van der Waals surface area contributed by atoms with Gasteiger partial charge in [-0.2, -0.15) is 11.8 Å². The highest BCUT2D eigenvalue weighted by atomic mass is 32.2. The van der Waals surface area contributed by atoms with Crippen LogP contribution in [-0.2, 0) is 0 Å². The Balaban J connectivity index is 2.11. The number of thioether (sulfide) groups is 1. The van der Waals surface area contributed by atoms with Gasteiger partial charge >= 0.3 is 0 Å². The molecule has 0 bridgehead atoms. The van der Waals surface area contributed by atoms with E-state index < -0.39 is 0 Å². The first-order valence-corrected chi connectivity index (χ1v) is 6.02. The van der Waals surface area contributed by atoms with E-state index in [1.807, 2.05) is 0 Å². The average molecular weight is 188 g/mol. The van der Waals surface area contributed by atoms with E-state index in [4.69, 9.17) is 0 Å². The third kappa shape index (κ3) is 3.33. The smallest absolute Gasteiger partial charge is 0.0158 e. The molecule has 0 aliphatic carbocycles. The molecule has 0 saturated carbocycles. The van der Waals surface area contributed by atoms with Gasteiger partial charge in [-0.15, -0.1) is 0 Å². The molecule has 1 aliphatic heterocycles. The molecule has 3 heteroatoms. The Morgan fingerprint density at radius 2 is 2.42 bits per heavy atom. The molecular weight excluding hydrogens is 168 g/mol. The van der Waals surface area contributed by atoms with Crippen LogP contribution in [0.2, 0.25) is 0 Å². The van der Waals surface area contributed by atoms with Gasteiger partial charge in [0, 0.05) is 37.2 Å². The number of nitrogens with one attached hydrogen (secondary N) is 1. The van der Waals surface area contributed by atoms with Gasteiger partial charge in [-0.1, -0.05) is 6.92 Å². The van der Waals surface area contributed by atoms with Crippen LogP contribution in [0, 0.1) is 0 Å². The second kappa shape index (κ2) is 5.84. The average Bonchev–Trinajstić information content (AvgIpc) is 2.09. The maximum atomic E-state index is 3.37. The Kier molecular flexibility index (Phi) is 5.04. The van der Waals surface area contributed by atoms with E-state index in [-0.39, 0.29) is 0 Å². The van der Waals surface area contributed by atoms with Gasteiger partial charge < -0.3 is 5.32 Å². The fourth-order valence-corrected chi connectivity index (χ4v) is 2.58. The van der Waals surface area contributed by atoms with Crippen molar-refractivity contribution in [2.24, 2.45) is 0 Å². The van der Waals surface area contributed by atoms with Crippen molar-refractivity contribution in [1.82, 2.24) is 10.2 Å². The van der Waals surface area contributed by atoms with E-state index in [0.29, 0.717) is 0 Å². The molecule has 0 aromatic carbocycles. The van der Waals surface area contributed by atoms with Crippen molar-refractivity contribution in [3.63, 3.8) is 0 Å². The Morgan fingerprint density at radius 1 is 1.58 bits per heavy atom. The van der Waals surface area contributed by atoms with Crippen LogP contribution in [0.15, 0.2) is 0 Å². The van der Waals surface area contributed by atoms with Crippen molar-refractivity contribution in [2.45, 2.75) is 19.9 Å². The highest BCUT2D eigenvalue weighted by Crippen LogP contribution is 2.14. The van der Waals surface area contributed by atoms with E-state index in [1.165, 1.54) is 24.6 Å². The monoisotopic (exact) mass is 188 g/mol. The first-order valence-electron chi connectivity index (χ1n) is 4.87. The lowest BCUT2D eigenvalue weighted by Crippen LogP contribution is -2.43. The minimum atomic E-state index is 0.780. The van der Waals surface area contributed by atoms with Gasteiger partial charge in [0.05, 0.1) is 0 Å². The number of rotatable bonds is 4. The molecule has 1 rings (SSSR count). The summed E-state index contributed by atoms with van der Waals surface area (Å²) in [6.45, 7) is 9.23. The summed E-state index contributed by atoms with van der Waals surface area (Å²) in [6.07, 6.45) is 0. The van der Waals surface area contributed by atoms with Crippen LogP contribution in [0.1, 0.15) is 13.8 Å². The third-order valence-electron chi connectivity index (χ3n) is 2.33. The highest BCUT2D eigenvalue weighted by molar-refractivity contribution is 7.99. The zero-order valence-corrected chi connectivity index (χ0v) is 8.99. The summed E-state index contributed by atoms with van der Waals surface area (Å²) in [5, 5.41) is 3.37. The third-order valence-corrected chi connectivity index (χ3v) is 3.52. The van der Waals surface area contributed by atoms with Gasteiger partial charge in [0.2, 0.25) is 0 Å². The lowest BCUT2D eigenvalue weighted by atomic mass is 10.3. The lowest BCUT2D eigenvalue weighted by molar-refractivity contribution is 0.233. The molecule has 72 valence electrons. The van der Waals surface area contributed by atoms with Crippen LogP contribution in [0.4, 0.5) is 0 Å². The molecule has 1 saturated heterocycles. The molecule has 1 fully saturated rings. The summed E-state index contributed by atoms with van der Waals surface area (Å²) in [7, 11) is 0. The predicted octanol–water partition coefficient (Wildman–Crippen LogP) is 1.03. The summed E-state index contributed by atoms with van der Waals surface area (Å²) in [5.74, 6) is 2.63. The number of likely N-dealkylation sites (N-methyl/N-ethyl adjacent to an activating group) is 1. The van der Waals surface area contributed by atoms with Gasteiger partial charge in [0.25, 0.3) is 0 Å². The van der Waals surface area contributed by atoms with Crippen molar-refractivity contribution < 1.29 is 0 Å². The second-order valence-electron chi connectivity index (χ2n) is 3.31. The quantitative estimate of drug-likeness (QED) is 0.664. The molecule has 0 radical (unpaired) electrons. The Hall–Kier alpha value is 0.270. The van der Waals surface area contributed by atoms with Gasteiger partial charge in [0.15, 0.2) is 0 Å². The molecule has 0 amide bonds. The highest BCUT2D eigenvalue weighted by Gasteiger charge is 2.17. The van der Waals surface area contributed by atoms with Crippen LogP contribution in [-0.4, -0.2) is 48.6 Å². The summed E-state index contributed by atoms with van der Waals surface area (Å²) in [6, 6.07) is 0.780. The molecular formula is C9H20N2S. The van der Waals surface area contributed by atoms with E-state index in [2.05, 4.69) is 35.8 Å². The standard InChI is InChI=1S/C9H20N2S/c1-3-10-4-5-11-6-7-12-8-9(11)2/h9-10H,3-8H2,1-2H3. The fraction of sp³-hybridized carbons (Fsp3) is 1.00. The molecule has 1 atom stereocenters. The minimum Gasteiger partial charge on any atom is -0.316 e. The van der Waals surface area contributed by atoms with Crippen molar-refractivity contribution in [3.05, 3.63) is 0 Å². The summed E-state index contributed by atoms with van der Waals surface area (Å²) < 4.78 is 0. The fourth-order valence-electron chi connectivity index (χ4n) is 1.49. The van der Waals surface area contributed by atoms with Crippen LogP contribution in [0.5, 0.6) is 0 Å². The van der Waals surface area contributed by atoms with Crippen molar-refractivity contribution >= 4 is 11.8 Å². The number of nitrogens with zero attached hydrogens (tertiary/aromatic N) is 1. The summed E-state index contributed by atoms with van der Waals surface area (Å²) >= 11 is 2.08. The molecule has 0 aromatic rings. The Bertz CT molecular complexity index is 119. The van der Waals surface area contributed by atoms with Crippen molar-refractivity contribution in [1.29, 1.82) is 0 Å². The van der Waals surface area contributed by atoms with Gasteiger partial charge in [-0.3, -0.25) is 4.90 Å². The first kappa shape index (κ1) is 10.4. The summed E-state index contributed by atoms with van der Waals surface area (Å²) in [4.78, 5) is 2.58. The molecule has 1 unspecified atom stereocenters. The van der Waals surface area contributed by atoms with E-state index in [1.54, 1.807) is 0 Å². The molecule has 0 aromatic heterocycles. The van der Waals surface area contributed by atoms with E-state index >= 15 is 0 Å². The molecule has 1 heterocycles. The number of hydrogen-bond acceptors (Lipinski definition) is 3. The predicted molar refractivity (Wildman–Crippen MR) is 56.9 cm³/mol. The SMILES string of the molecule is CCNCCN1CCSCC1C.